The SMILES string of the molecule is Cc1cc(C(NC(=O)c2cc(Br)cc(Cn3ccn(C)c3=N)c2)C2CC2)ccc1F. The first-order chi connectivity index (χ1) is 14.3. The number of benzene rings is 2. The van der Waals surface area contributed by atoms with E-state index in [1.54, 1.807) is 23.6 Å². The molecule has 0 spiro atoms. The van der Waals surface area contributed by atoms with E-state index in [9.17, 15) is 9.18 Å². The fraction of sp³-hybridized carbons (Fsp3) is 0.304. The average molecular weight is 471 g/mol. The van der Waals surface area contributed by atoms with Crippen LogP contribution in [0.25, 0.3) is 0 Å². The topological polar surface area (TPSA) is 62.8 Å². The lowest BCUT2D eigenvalue weighted by molar-refractivity contribution is 0.0931. The molecule has 0 saturated heterocycles. The van der Waals surface area contributed by atoms with Gasteiger partial charge in [-0.2, -0.15) is 0 Å². The van der Waals surface area contributed by atoms with Crippen molar-refractivity contribution in [2.45, 2.75) is 32.4 Å². The van der Waals surface area contributed by atoms with Crippen molar-refractivity contribution in [3.05, 3.63) is 87.0 Å². The molecule has 0 radical (unpaired) electrons. The monoisotopic (exact) mass is 470 g/mol. The van der Waals surface area contributed by atoms with Gasteiger partial charge < -0.3 is 14.5 Å². The zero-order valence-electron chi connectivity index (χ0n) is 17.0. The number of nitrogens with zero attached hydrogens (tertiary/aromatic N) is 2. The van der Waals surface area contributed by atoms with Crippen LogP contribution in [0.4, 0.5) is 4.39 Å². The van der Waals surface area contributed by atoms with Crippen LogP contribution < -0.4 is 10.9 Å². The van der Waals surface area contributed by atoms with Crippen LogP contribution in [0.3, 0.4) is 0 Å². The number of aryl methyl sites for hydroxylation is 2. The molecule has 1 heterocycles. The van der Waals surface area contributed by atoms with Crippen LogP contribution in [0, 0.1) is 24.1 Å². The molecule has 1 fully saturated rings. The Morgan fingerprint density at radius 1 is 1.27 bits per heavy atom. The first-order valence-corrected chi connectivity index (χ1v) is 10.7. The van der Waals surface area contributed by atoms with Crippen molar-refractivity contribution in [1.82, 2.24) is 14.5 Å². The van der Waals surface area contributed by atoms with E-state index in [0.29, 0.717) is 29.2 Å². The predicted molar refractivity (Wildman–Crippen MR) is 117 cm³/mol. The minimum Gasteiger partial charge on any atom is -0.345 e. The van der Waals surface area contributed by atoms with Gasteiger partial charge in [0, 0.05) is 29.5 Å². The van der Waals surface area contributed by atoms with Gasteiger partial charge in [0.05, 0.1) is 12.6 Å². The molecule has 2 aromatic carbocycles. The number of carbonyl (C=O) groups excluding carboxylic acids is 1. The molecule has 7 heteroatoms. The van der Waals surface area contributed by atoms with E-state index in [4.69, 9.17) is 5.41 Å². The molecule has 1 saturated carbocycles. The van der Waals surface area contributed by atoms with E-state index >= 15 is 0 Å². The number of aromatic nitrogens is 2. The van der Waals surface area contributed by atoms with E-state index < -0.39 is 0 Å². The summed E-state index contributed by atoms with van der Waals surface area (Å²) in [7, 11) is 1.83. The molecule has 1 aromatic heterocycles. The summed E-state index contributed by atoms with van der Waals surface area (Å²) in [4.78, 5) is 13.1. The molecule has 30 heavy (non-hydrogen) atoms. The normalized spacial score (nSPS) is 14.5. The fourth-order valence-corrected chi connectivity index (χ4v) is 4.25. The number of amides is 1. The Balaban J connectivity index is 1.57. The number of imidazole rings is 1. The van der Waals surface area contributed by atoms with E-state index in [1.165, 1.54) is 6.07 Å². The summed E-state index contributed by atoms with van der Waals surface area (Å²) in [5.74, 6) is 0.000184. The van der Waals surface area contributed by atoms with Crippen molar-refractivity contribution >= 4 is 21.8 Å². The van der Waals surface area contributed by atoms with E-state index in [2.05, 4.69) is 21.2 Å². The molecule has 2 N–H and O–H groups in total. The summed E-state index contributed by atoms with van der Waals surface area (Å²) in [6.45, 7) is 2.25. The van der Waals surface area contributed by atoms with Crippen LogP contribution in [-0.2, 0) is 13.6 Å². The van der Waals surface area contributed by atoms with Gasteiger partial charge in [0.25, 0.3) is 5.91 Å². The third-order valence-electron chi connectivity index (χ3n) is 5.57. The lowest BCUT2D eigenvalue weighted by Crippen LogP contribution is -2.30. The molecule has 0 aliphatic heterocycles. The molecule has 3 aromatic rings. The molecule has 1 aliphatic carbocycles. The smallest absolute Gasteiger partial charge is 0.251 e. The average Bonchev–Trinajstić information content (AvgIpc) is 3.50. The molecular weight excluding hydrogens is 447 g/mol. The van der Waals surface area contributed by atoms with Gasteiger partial charge in [-0.05, 0) is 66.6 Å². The summed E-state index contributed by atoms with van der Waals surface area (Å²) in [6, 6.07) is 10.6. The van der Waals surface area contributed by atoms with Crippen LogP contribution in [0.15, 0.2) is 53.3 Å². The van der Waals surface area contributed by atoms with Crippen LogP contribution in [-0.4, -0.2) is 15.0 Å². The first-order valence-electron chi connectivity index (χ1n) is 9.94. The number of carbonyl (C=O) groups is 1. The third kappa shape index (κ3) is 4.41. The van der Waals surface area contributed by atoms with Gasteiger partial charge >= 0.3 is 0 Å². The van der Waals surface area contributed by atoms with Gasteiger partial charge in [-0.25, -0.2) is 4.39 Å². The van der Waals surface area contributed by atoms with Crippen LogP contribution >= 0.6 is 15.9 Å². The Hall–Kier alpha value is -2.67. The summed E-state index contributed by atoms with van der Waals surface area (Å²) in [5.41, 5.74) is 3.41. The van der Waals surface area contributed by atoms with Gasteiger partial charge in [0.15, 0.2) is 0 Å². The van der Waals surface area contributed by atoms with Gasteiger partial charge in [-0.3, -0.25) is 10.2 Å². The van der Waals surface area contributed by atoms with Gasteiger partial charge in [0.1, 0.15) is 5.82 Å². The highest BCUT2D eigenvalue weighted by Crippen LogP contribution is 2.41. The van der Waals surface area contributed by atoms with Crippen molar-refractivity contribution in [3.8, 4) is 0 Å². The van der Waals surface area contributed by atoms with Gasteiger partial charge in [0.2, 0.25) is 5.62 Å². The van der Waals surface area contributed by atoms with Gasteiger partial charge in [-0.15, -0.1) is 0 Å². The number of hydrogen-bond acceptors (Lipinski definition) is 2. The highest BCUT2D eigenvalue weighted by molar-refractivity contribution is 9.10. The van der Waals surface area contributed by atoms with Crippen molar-refractivity contribution in [3.63, 3.8) is 0 Å². The Labute approximate surface area is 183 Å². The molecule has 1 unspecified atom stereocenters. The largest absolute Gasteiger partial charge is 0.345 e. The quantitative estimate of drug-likeness (QED) is 0.549. The Morgan fingerprint density at radius 3 is 2.67 bits per heavy atom. The van der Waals surface area contributed by atoms with Crippen LogP contribution in [0.1, 0.15) is 45.9 Å². The summed E-state index contributed by atoms with van der Waals surface area (Å²) in [5, 5.41) is 11.3. The number of rotatable bonds is 6. The molecule has 1 amide bonds. The standard InChI is InChI=1S/C23H24BrFN4O/c1-14-9-17(5-6-20(14)25)21(16-3-4-16)27-22(30)18-10-15(11-19(24)12-18)13-29-8-7-28(2)23(29)26/h5-12,16,21,26H,3-4,13H2,1-2H3,(H,27,30). The maximum absolute atomic E-state index is 13.7. The maximum atomic E-state index is 13.7. The van der Waals surface area contributed by atoms with Gasteiger partial charge in [-0.1, -0.05) is 28.1 Å². The molecule has 1 aliphatic rings. The summed E-state index contributed by atoms with van der Waals surface area (Å²) < 4.78 is 18.1. The highest BCUT2D eigenvalue weighted by Gasteiger charge is 2.34. The third-order valence-corrected chi connectivity index (χ3v) is 6.03. The van der Waals surface area contributed by atoms with Crippen molar-refractivity contribution in [2.75, 3.05) is 0 Å². The number of halogens is 2. The second kappa shape index (κ2) is 8.22. The number of nitrogens with one attached hydrogen (secondary N) is 2. The van der Waals surface area contributed by atoms with Crippen molar-refractivity contribution in [1.29, 1.82) is 5.41 Å². The molecular formula is C23H24BrFN4O. The molecule has 4 rings (SSSR count). The van der Waals surface area contributed by atoms with E-state index in [0.717, 1.165) is 28.4 Å². The summed E-state index contributed by atoms with van der Waals surface area (Å²) >= 11 is 3.51. The van der Waals surface area contributed by atoms with E-state index in [1.807, 2.05) is 42.2 Å². The maximum Gasteiger partial charge on any atom is 0.251 e. The lowest BCUT2D eigenvalue weighted by Gasteiger charge is -2.20. The van der Waals surface area contributed by atoms with Crippen molar-refractivity contribution in [2.24, 2.45) is 13.0 Å². The fourth-order valence-electron chi connectivity index (χ4n) is 3.71. The Kier molecular flexibility index (Phi) is 5.64. The highest BCUT2D eigenvalue weighted by atomic mass is 79.9. The van der Waals surface area contributed by atoms with Crippen LogP contribution in [0.2, 0.25) is 0 Å². The second-order valence-electron chi connectivity index (χ2n) is 8.01. The minimum atomic E-state index is -0.233. The Morgan fingerprint density at radius 2 is 2.03 bits per heavy atom. The number of hydrogen-bond donors (Lipinski definition) is 2. The van der Waals surface area contributed by atoms with E-state index in [-0.39, 0.29) is 17.8 Å². The molecule has 1 atom stereocenters. The predicted octanol–water partition coefficient (Wildman–Crippen LogP) is 4.45. The molecule has 5 nitrogen and oxygen atoms in total. The minimum absolute atomic E-state index is 0.123. The van der Waals surface area contributed by atoms with Crippen LogP contribution in [0.5, 0.6) is 0 Å². The van der Waals surface area contributed by atoms with Crippen molar-refractivity contribution < 1.29 is 9.18 Å². The lowest BCUT2D eigenvalue weighted by atomic mass is 9.99. The molecule has 156 valence electrons. The first kappa shape index (κ1) is 20.6. The Bertz CT molecular complexity index is 1160. The zero-order valence-corrected chi connectivity index (χ0v) is 18.5. The summed E-state index contributed by atoms with van der Waals surface area (Å²) in [6.07, 6.45) is 5.80. The zero-order chi connectivity index (χ0) is 21.4. The second-order valence-corrected chi connectivity index (χ2v) is 8.92. The molecule has 0 bridgehead atoms.